The van der Waals surface area contributed by atoms with Crippen LogP contribution in [0.1, 0.15) is 31.2 Å². The summed E-state index contributed by atoms with van der Waals surface area (Å²) in [5.41, 5.74) is -0.145. The largest absolute Gasteiger partial charge is 0.481 e. The van der Waals surface area contributed by atoms with E-state index in [4.69, 9.17) is 0 Å². The number of nitrogens with zero attached hydrogens (tertiary/aromatic N) is 1. The fraction of sp³-hybridized carbons (Fsp3) is 0.600. The van der Waals surface area contributed by atoms with Gasteiger partial charge in [-0.15, -0.1) is 0 Å². The zero-order valence-electron chi connectivity index (χ0n) is 8.31. The molecule has 1 aromatic heterocycles. The number of carboxylic acids is 1. The summed E-state index contributed by atoms with van der Waals surface area (Å²) >= 11 is 0. The number of aromatic amines is 1. The number of aromatic nitrogens is 2. The highest BCUT2D eigenvalue weighted by molar-refractivity contribution is 5.81. The number of rotatable bonds is 2. The molecule has 0 spiro atoms. The van der Waals surface area contributed by atoms with Gasteiger partial charge in [0.1, 0.15) is 0 Å². The van der Waals surface area contributed by atoms with Crippen molar-refractivity contribution in [1.82, 2.24) is 10.2 Å². The van der Waals surface area contributed by atoms with Crippen molar-refractivity contribution in [1.29, 1.82) is 0 Å². The average molecular weight is 210 g/mol. The van der Waals surface area contributed by atoms with Crippen LogP contribution >= 0.6 is 0 Å². The Labute approximate surface area is 87.1 Å². The molecule has 1 heterocycles. The van der Waals surface area contributed by atoms with Crippen LogP contribution in [0.3, 0.4) is 0 Å². The van der Waals surface area contributed by atoms with Crippen LogP contribution in [0.15, 0.2) is 12.4 Å². The standard InChI is InChI=1S/C10H14N2O3/c13-8-1-3-10(4-2-8,9(14)15)7-5-11-12-6-7/h5-6,8,13H,1-4H2,(H,11,12)(H,14,15). The first-order valence-corrected chi connectivity index (χ1v) is 5.06. The molecule has 0 atom stereocenters. The number of aliphatic hydroxyl groups excluding tert-OH is 1. The van der Waals surface area contributed by atoms with Gasteiger partial charge in [0.15, 0.2) is 0 Å². The predicted molar refractivity (Wildman–Crippen MR) is 52.4 cm³/mol. The van der Waals surface area contributed by atoms with Crippen molar-refractivity contribution in [3.8, 4) is 0 Å². The summed E-state index contributed by atoms with van der Waals surface area (Å²) in [7, 11) is 0. The van der Waals surface area contributed by atoms with Gasteiger partial charge in [0.2, 0.25) is 0 Å². The van der Waals surface area contributed by atoms with Gasteiger partial charge in [-0.2, -0.15) is 5.10 Å². The molecule has 1 aliphatic carbocycles. The molecule has 5 heteroatoms. The third-order valence-corrected chi connectivity index (χ3v) is 3.27. The molecule has 5 nitrogen and oxygen atoms in total. The second-order valence-electron chi connectivity index (χ2n) is 4.11. The number of hydrogen-bond donors (Lipinski definition) is 3. The summed E-state index contributed by atoms with van der Waals surface area (Å²) in [4.78, 5) is 11.4. The predicted octanol–water partition coefficient (Wildman–Crippen LogP) is 0.667. The third kappa shape index (κ3) is 1.63. The van der Waals surface area contributed by atoms with Crippen molar-refractivity contribution >= 4 is 5.97 Å². The van der Waals surface area contributed by atoms with Crippen LogP contribution in [-0.4, -0.2) is 32.5 Å². The lowest BCUT2D eigenvalue weighted by molar-refractivity contribution is -0.146. The van der Waals surface area contributed by atoms with E-state index in [1.54, 1.807) is 12.4 Å². The number of nitrogens with one attached hydrogen (secondary N) is 1. The Kier molecular flexibility index (Phi) is 2.48. The highest BCUT2D eigenvalue weighted by Gasteiger charge is 2.43. The highest BCUT2D eigenvalue weighted by atomic mass is 16.4. The Morgan fingerprint density at radius 2 is 2.20 bits per heavy atom. The molecule has 0 aromatic carbocycles. The number of carbonyl (C=O) groups is 1. The summed E-state index contributed by atoms with van der Waals surface area (Å²) in [6.07, 6.45) is 4.86. The third-order valence-electron chi connectivity index (χ3n) is 3.27. The van der Waals surface area contributed by atoms with Gasteiger partial charge in [-0.3, -0.25) is 9.89 Å². The van der Waals surface area contributed by atoms with Gasteiger partial charge in [0.05, 0.1) is 17.7 Å². The Balaban J connectivity index is 2.30. The summed E-state index contributed by atoms with van der Waals surface area (Å²) in [6, 6.07) is 0. The van der Waals surface area contributed by atoms with Gasteiger partial charge >= 0.3 is 5.97 Å². The quantitative estimate of drug-likeness (QED) is 0.669. The van der Waals surface area contributed by atoms with E-state index in [9.17, 15) is 15.0 Å². The molecule has 3 N–H and O–H groups in total. The number of aliphatic carboxylic acids is 1. The van der Waals surface area contributed by atoms with E-state index in [1.165, 1.54) is 0 Å². The van der Waals surface area contributed by atoms with Gasteiger partial charge in [0.25, 0.3) is 0 Å². The minimum Gasteiger partial charge on any atom is -0.481 e. The molecule has 0 radical (unpaired) electrons. The molecule has 0 saturated heterocycles. The molecular formula is C10H14N2O3. The zero-order valence-corrected chi connectivity index (χ0v) is 8.31. The van der Waals surface area contributed by atoms with Gasteiger partial charge in [0, 0.05) is 11.8 Å². The molecule has 82 valence electrons. The van der Waals surface area contributed by atoms with Crippen molar-refractivity contribution in [3.05, 3.63) is 18.0 Å². The number of hydrogen-bond acceptors (Lipinski definition) is 3. The highest BCUT2D eigenvalue weighted by Crippen LogP contribution is 2.39. The van der Waals surface area contributed by atoms with E-state index in [0.717, 1.165) is 0 Å². The molecule has 1 aliphatic rings. The van der Waals surface area contributed by atoms with Crippen molar-refractivity contribution in [2.75, 3.05) is 0 Å². The van der Waals surface area contributed by atoms with Crippen LogP contribution in [0, 0.1) is 0 Å². The molecule has 0 amide bonds. The molecular weight excluding hydrogens is 196 g/mol. The smallest absolute Gasteiger partial charge is 0.314 e. The SMILES string of the molecule is O=C(O)C1(c2cn[nH]c2)CCC(O)CC1. The van der Waals surface area contributed by atoms with E-state index in [0.29, 0.717) is 31.2 Å². The molecule has 15 heavy (non-hydrogen) atoms. The molecule has 1 fully saturated rings. The van der Waals surface area contributed by atoms with Crippen LogP contribution in [0.5, 0.6) is 0 Å². The van der Waals surface area contributed by atoms with Crippen molar-refractivity contribution in [2.45, 2.75) is 37.2 Å². The molecule has 0 bridgehead atoms. The second kappa shape index (κ2) is 3.66. The molecule has 1 saturated carbocycles. The lowest BCUT2D eigenvalue weighted by Crippen LogP contribution is -2.40. The molecule has 2 rings (SSSR count). The van der Waals surface area contributed by atoms with Crippen LogP contribution in [0.4, 0.5) is 0 Å². The fourth-order valence-corrected chi connectivity index (χ4v) is 2.23. The minimum absolute atomic E-state index is 0.357. The summed E-state index contributed by atoms with van der Waals surface area (Å²) < 4.78 is 0. The van der Waals surface area contributed by atoms with E-state index < -0.39 is 11.4 Å². The average Bonchev–Trinajstić information content (AvgIpc) is 2.72. The molecule has 0 unspecified atom stereocenters. The zero-order chi connectivity index (χ0) is 10.9. The van der Waals surface area contributed by atoms with Crippen LogP contribution in [0.25, 0.3) is 0 Å². The van der Waals surface area contributed by atoms with E-state index in [-0.39, 0.29) is 6.10 Å². The van der Waals surface area contributed by atoms with E-state index >= 15 is 0 Å². The van der Waals surface area contributed by atoms with E-state index in [2.05, 4.69) is 10.2 Å². The first kappa shape index (κ1) is 10.2. The normalized spacial score (nSPS) is 31.4. The number of H-pyrrole nitrogens is 1. The maximum atomic E-state index is 11.4. The van der Waals surface area contributed by atoms with Gasteiger partial charge in [-0.25, -0.2) is 0 Å². The van der Waals surface area contributed by atoms with Crippen molar-refractivity contribution in [3.63, 3.8) is 0 Å². The van der Waals surface area contributed by atoms with Crippen LogP contribution in [0.2, 0.25) is 0 Å². The Morgan fingerprint density at radius 1 is 1.53 bits per heavy atom. The fourth-order valence-electron chi connectivity index (χ4n) is 2.23. The topological polar surface area (TPSA) is 86.2 Å². The van der Waals surface area contributed by atoms with Crippen molar-refractivity contribution in [2.24, 2.45) is 0 Å². The lowest BCUT2D eigenvalue weighted by Gasteiger charge is -2.34. The van der Waals surface area contributed by atoms with Crippen LogP contribution in [-0.2, 0) is 10.2 Å². The Bertz CT molecular complexity index is 340. The second-order valence-corrected chi connectivity index (χ2v) is 4.11. The van der Waals surface area contributed by atoms with Gasteiger partial charge in [-0.05, 0) is 25.7 Å². The van der Waals surface area contributed by atoms with Gasteiger partial charge < -0.3 is 10.2 Å². The Hall–Kier alpha value is -1.36. The monoisotopic (exact) mass is 210 g/mol. The maximum absolute atomic E-state index is 11.4. The van der Waals surface area contributed by atoms with Crippen LogP contribution < -0.4 is 0 Å². The van der Waals surface area contributed by atoms with E-state index in [1.807, 2.05) is 0 Å². The summed E-state index contributed by atoms with van der Waals surface area (Å²) in [6.45, 7) is 0. The summed E-state index contributed by atoms with van der Waals surface area (Å²) in [5, 5.41) is 25.2. The molecule has 1 aromatic rings. The molecule has 0 aliphatic heterocycles. The first-order chi connectivity index (χ1) is 7.15. The van der Waals surface area contributed by atoms with Gasteiger partial charge in [-0.1, -0.05) is 0 Å². The Morgan fingerprint density at radius 3 is 2.67 bits per heavy atom. The lowest BCUT2D eigenvalue weighted by atomic mass is 9.69. The summed E-state index contributed by atoms with van der Waals surface area (Å²) in [5.74, 6) is -0.823. The first-order valence-electron chi connectivity index (χ1n) is 5.06. The van der Waals surface area contributed by atoms with Crippen molar-refractivity contribution < 1.29 is 15.0 Å². The maximum Gasteiger partial charge on any atom is 0.314 e. The number of carboxylic acid groups (broad SMARTS) is 1. The minimum atomic E-state index is -0.855. The number of aliphatic hydroxyl groups is 1.